The van der Waals surface area contributed by atoms with Crippen molar-refractivity contribution >= 4 is 34.3 Å². The van der Waals surface area contributed by atoms with Crippen LogP contribution in [0.1, 0.15) is 9.75 Å². The number of anilines is 1. The van der Waals surface area contributed by atoms with Crippen LogP contribution in [0.15, 0.2) is 30.3 Å². The van der Waals surface area contributed by atoms with Gasteiger partial charge in [0.1, 0.15) is 10.7 Å². The molecular weight excluding hydrogens is 272 g/mol. The van der Waals surface area contributed by atoms with Crippen LogP contribution in [0.2, 0.25) is 5.02 Å². The zero-order valence-electron chi connectivity index (χ0n) is 9.64. The molecule has 1 N–H and O–H groups in total. The van der Waals surface area contributed by atoms with Gasteiger partial charge < -0.3 is 5.32 Å². The van der Waals surface area contributed by atoms with Crippen molar-refractivity contribution in [1.29, 1.82) is 0 Å². The van der Waals surface area contributed by atoms with E-state index in [1.54, 1.807) is 23.5 Å². The summed E-state index contributed by atoms with van der Waals surface area (Å²) in [6, 6.07) is 8.89. The Hall–Kier alpha value is -1.59. The molecule has 0 atom stereocenters. The van der Waals surface area contributed by atoms with E-state index < -0.39 is 4.92 Å². The first kappa shape index (κ1) is 12.9. The number of nitro benzene ring substituents is 1. The number of nitrogens with one attached hydrogen (secondary N) is 1. The van der Waals surface area contributed by atoms with Crippen molar-refractivity contribution < 1.29 is 4.92 Å². The first-order chi connectivity index (χ1) is 8.58. The van der Waals surface area contributed by atoms with Gasteiger partial charge in [0.05, 0.1) is 4.92 Å². The zero-order chi connectivity index (χ0) is 13.1. The van der Waals surface area contributed by atoms with Gasteiger partial charge in [0.25, 0.3) is 0 Å². The third-order valence-corrected chi connectivity index (χ3v) is 3.72. The molecule has 4 nitrogen and oxygen atoms in total. The largest absolute Gasteiger partial charge is 0.375 e. The molecule has 0 amide bonds. The molecule has 0 fully saturated rings. The molecular formula is C12H11ClN2O2S. The van der Waals surface area contributed by atoms with Gasteiger partial charge in [-0.05, 0) is 31.2 Å². The van der Waals surface area contributed by atoms with Crippen LogP contribution in [0.4, 0.5) is 11.4 Å². The summed E-state index contributed by atoms with van der Waals surface area (Å²) in [6.07, 6.45) is 0. The van der Waals surface area contributed by atoms with E-state index in [4.69, 9.17) is 11.6 Å². The maximum absolute atomic E-state index is 10.9. The van der Waals surface area contributed by atoms with E-state index in [1.165, 1.54) is 10.9 Å². The molecule has 0 unspecified atom stereocenters. The van der Waals surface area contributed by atoms with Crippen LogP contribution < -0.4 is 5.32 Å². The van der Waals surface area contributed by atoms with Crippen molar-refractivity contribution in [3.05, 3.63) is 55.2 Å². The zero-order valence-corrected chi connectivity index (χ0v) is 11.2. The molecule has 0 spiro atoms. The molecule has 1 aromatic heterocycles. The van der Waals surface area contributed by atoms with Gasteiger partial charge in [0.15, 0.2) is 0 Å². The van der Waals surface area contributed by atoms with Gasteiger partial charge in [0, 0.05) is 16.3 Å². The maximum Gasteiger partial charge on any atom is 0.310 e. The van der Waals surface area contributed by atoms with Crippen molar-refractivity contribution in [1.82, 2.24) is 0 Å². The second kappa shape index (κ2) is 5.37. The lowest BCUT2D eigenvalue weighted by molar-refractivity contribution is -0.383. The molecule has 1 aromatic carbocycles. The van der Waals surface area contributed by atoms with Crippen molar-refractivity contribution in [3.8, 4) is 0 Å². The fourth-order valence-electron chi connectivity index (χ4n) is 1.61. The van der Waals surface area contributed by atoms with E-state index in [-0.39, 0.29) is 10.7 Å². The lowest BCUT2D eigenvalue weighted by Crippen LogP contribution is -2.01. The number of hydrogen-bond donors (Lipinski definition) is 1. The number of nitrogens with zero attached hydrogens (tertiary/aromatic N) is 1. The Morgan fingerprint density at radius 1 is 1.39 bits per heavy atom. The second-order valence-electron chi connectivity index (χ2n) is 3.76. The van der Waals surface area contributed by atoms with Gasteiger partial charge in [-0.1, -0.05) is 17.7 Å². The van der Waals surface area contributed by atoms with Crippen LogP contribution in [0, 0.1) is 17.0 Å². The highest BCUT2D eigenvalue weighted by atomic mass is 35.5. The Bertz CT molecular complexity index is 583. The normalized spacial score (nSPS) is 10.3. The third-order valence-electron chi connectivity index (χ3n) is 2.42. The van der Waals surface area contributed by atoms with Gasteiger partial charge in [-0.3, -0.25) is 10.1 Å². The molecule has 0 aliphatic carbocycles. The molecule has 2 rings (SSSR count). The number of thiophene rings is 1. The minimum absolute atomic E-state index is 0.0764. The highest BCUT2D eigenvalue weighted by Gasteiger charge is 2.17. The van der Waals surface area contributed by atoms with Crippen LogP contribution in [-0.4, -0.2) is 4.92 Å². The average Bonchev–Trinajstić information content (AvgIpc) is 2.72. The van der Waals surface area contributed by atoms with Crippen LogP contribution in [0.25, 0.3) is 0 Å². The third kappa shape index (κ3) is 2.80. The van der Waals surface area contributed by atoms with Crippen LogP contribution in [0.3, 0.4) is 0 Å². The molecule has 0 aliphatic rings. The summed E-state index contributed by atoms with van der Waals surface area (Å²) in [4.78, 5) is 12.8. The van der Waals surface area contributed by atoms with Gasteiger partial charge >= 0.3 is 5.69 Å². The highest BCUT2D eigenvalue weighted by Crippen LogP contribution is 2.32. The predicted octanol–water partition coefficient (Wildman–Crippen LogP) is 4.23. The molecule has 1 heterocycles. The number of rotatable bonds is 4. The van der Waals surface area contributed by atoms with E-state index in [9.17, 15) is 10.1 Å². The number of para-hydroxylation sites is 1. The number of nitro groups is 1. The molecule has 0 saturated carbocycles. The SMILES string of the molecule is Cc1ccc(CNc2cccc(Cl)c2[N+](=O)[O-])s1. The minimum Gasteiger partial charge on any atom is -0.375 e. The van der Waals surface area contributed by atoms with E-state index >= 15 is 0 Å². The summed E-state index contributed by atoms with van der Waals surface area (Å²) in [5.74, 6) is 0. The van der Waals surface area contributed by atoms with Gasteiger partial charge in [-0.2, -0.15) is 0 Å². The lowest BCUT2D eigenvalue weighted by atomic mass is 10.2. The molecule has 6 heteroatoms. The number of benzene rings is 1. The predicted molar refractivity (Wildman–Crippen MR) is 74.5 cm³/mol. The first-order valence-electron chi connectivity index (χ1n) is 5.30. The summed E-state index contributed by atoms with van der Waals surface area (Å²) < 4.78 is 0. The van der Waals surface area contributed by atoms with Crippen molar-refractivity contribution in [2.45, 2.75) is 13.5 Å². The number of halogens is 1. The van der Waals surface area contributed by atoms with Gasteiger partial charge in [-0.15, -0.1) is 11.3 Å². The molecule has 0 aliphatic heterocycles. The highest BCUT2D eigenvalue weighted by molar-refractivity contribution is 7.11. The molecule has 0 saturated heterocycles. The fourth-order valence-corrected chi connectivity index (χ4v) is 2.68. The van der Waals surface area contributed by atoms with Gasteiger partial charge in [0.2, 0.25) is 0 Å². The number of aryl methyl sites for hydroxylation is 1. The van der Waals surface area contributed by atoms with Crippen molar-refractivity contribution in [3.63, 3.8) is 0 Å². The van der Waals surface area contributed by atoms with E-state index in [2.05, 4.69) is 5.32 Å². The summed E-state index contributed by atoms with van der Waals surface area (Å²) >= 11 is 7.49. The molecule has 0 bridgehead atoms. The Morgan fingerprint density at radius 3 is 2.78 bits per heavy atom. The van der Waals surface area contributed by atoms with Crippen LogP contribution in [-0.2, 0) is 6.54 Å². The summed E-state index contributed by atoms with van der Waals surface area (Å²) in [6.45, 7) is 2.58. The Balaban J connectivity index is 2.19. The van der Waals surface area contributed by atoms with Crippen molar-refractivity contribution in [2.24, 2.45) is 0 Å². The molecule has 0 radical (unpaired) electrons. The quantitative estimate of drug-likeness (QED) is 0.674. The lowest BCUT2D eigenvalue weighted by Gasteiger charge is -2.06. The second-order valence-corrected chi connectivity index (χ2v) is 5.54. The van der Waals surface area contributed by atoms with Gasteiger partial charge in [-0.25, -0.2) is 0 Å². The Morgan fingerprint density at radius 2 is 2.17 bits per heavy atom. The Kier molecular flexibility index (Phi) is 3.84. The van der Waals surface area contributed by atoms with Crippen LogP contribution >= 0.6 is 22.9 Å². The fraction of sp³-hybridized carbons (Fsp3) is 0.167. The molecule has 94 valence electrons. The maximum atomic E-state index is 10.9. The molecule has 18 heavy (non-hydrogen) atoms. The minimum atomic E-state index is -0.468. The summed E-state index contributed by atoms with van der Waals surface area (Å²) in [5, 5.41) is 14.1. The summed E-state index contributed by atoms with van der Waals surface area (Å²) in [7, 11) is 0. The van der Waals surface area contributed by atoms with E-state index in [0.717, 1.165) is 4.88 Å². The van der Waals surface area contributed by atoms with E-state index in [0.29, 0.717) is 12.2 Å². The summed E-state index contributed by atoms with van der Waals surface area (Å²) in [5.41, 5.74) is 0.367. The van der Waals surface area contributed by atoms with E-state index in [1.807, 2.05) is 19.1 Å². The van der Waals surface area contributed by atoms with Crippen LogP contribution in [0.5, 0.6) is 0 Å². The first-order valence-corrected chi connectivity index (χ1v) is 6.49. The Labute approximate surface area is 113 Å². The van der Waals surface area contributed by atoms with Crippen molar-refractivity contribution in [2.75, 3.05) is 5.32 Å². The topological polar surface area (TPSA) is 55.2 Å². The molecule has 2 aromatic rings. The average molecular weight is 283 g/mol. The number of hydrogen-bond acceptors (Lipinski definition) is 4. The standard InChI is InChI=1S/C12H11ClN2O2S/c1-8-5-6-9(18-8)7-14-11-4-2-3-10(13)12(11)15(16)17/h2-6,14H,7H2,1H3. The smallest absolute Gasteiger partial charge is 0.310 e. The monoisotopic (exact) mass is 282 g/mol.